The molecule has 0 spiro atoms. The maximum atomic E-state index is 14.0. The summed E-state index contributed by atoms with van der Waals surface area (Å²) in [4.78, 5) is 31.4. The molecule has 1 aliphatic rings. The summed E-state index contributed by atoms with van der Waals surface area (Å²) < 4.78 is 91.5. The Bertz CT molecular complexity index is 1140. The molecule has 1 saturated heterocycles. The lowest BCUT2D eigenvalue weighted by Gasteiger charge is -2.31. The van der Waals surface area contributed by atoms with E-state index in [0.717, 1.165) is 32.5 Å². The molecule has 190 valence electrons. The maximum Gasteiger partial charge on any atom is 0.433 e. The standard InChI is InChI=1S/C21H20F6N4O4/c1-9-15(11-8-30-14(20(22,23)24)7-13(11)34-3)16(35-19(9,2)21(25,26)27)18(33)31-10-4-5-29-12(6-10)17(28)32/h4-9,15-16H,1-3H3,(H2,28,32)(H,29,31,33)/t9-,15-,16-,19-/m0/s1. The van der Waals surface area contributed by atoms with E-state index in [-0.39, 0.29) is 16.9 Å². The third kappa shape index (κ3) is 4.88. The number of hydrogen-bond donors (Lipinski definition) is 2. The van der Waals surface area contributed by atoms with Gasteiger partial charge in [-0.05, 0) is 19.1 Å². The molecule has 3 heterocycles. The van der Waals surface area contributed by atoms with Gasteiger partial charge < -0.3 is 20.5 Å². The van der Waals surface area contributed by atoms with Crippen molar-refractivity contribution < 1.29 is 45.4 Å². The van der Waals surface area contributed by atoms with Crippen molar-refractivity contribution in [3.05, 3.63) is 47.5 Å². The van der Waals surface area contributed by atoms with Gasteiger partial charge in [0.25, 0.3) is 11.8 Å². The summed E-state index contributed by atoms with van der Waals surface area (Å²) in [6.07, 6.45) is -9.70. The number of primary amides is 1. The minimum atomic E-state index is -4.93. The van der Waals surface area contributed by atoms with Gasteiger partial charge in [-0.1, -0.05) is 6.92 Å². The number of pyridine rings is 2. The van der Waals surface area contributed by atoms with Crippen molar-refractivity contribution in [2.24, 2.45) is 11.7 Å². The molecule has 3 rings (SSSR count). The second kappa shape index (κ2) is 8.98. The summed E-state index contributed by atoms with van der Waals surface area (Å²) in [5.74, 6) is -5.20. The minimum absolute atomic E-state index is 0.00748. The molecule has 2 aromatic rings. The highest BCUT2D eigenvalue weighted by Crippen LogP contribution is 2.54. The molecule has 4 atom stereocenters. The molecular weight excluding hydrogens is 486 g/mol. The van der Waals surface area contributed by atoms with Gasteiger partial charge in [0, 0.05) is 41.5 Å². The minimum Gasteiger partial charge on any atom is -0.496 e. The van der Waals surface area contributed by atoms with Gasteiger partial charge in [-0.2, -0.15) is 26.3 Å². The number of rotatable bonds is 5. The zero-order chi connectivity index (χ0) is 26.3. The number of aromatic nitrogens is 2. The fraction of sp³-hybridized carbons (Fsp3) is 0.429. The number of carbonyl (C=O) groups excluding carboxylic acids is 2. The molecule has 1 fully saturated rings. The molecule has 8 nitrogen and oxygen atoms in total. The normalized spacial score (nSPS) is 24.8. The van der Waals surface area contributed by atoms with Crippen LogP contribution >= 0.6 is 0 Å². The third-order valence-corrected chi connectivity index (χ3v) is 5.97. The molecule has 0 aromatic carbocycles. The van der Waals surface area contributed by atoms with Crippen LogP contribution in [0.15, 0.2) is 30.6 Å². The molecule has 0 unspecified atom stereocenters. The quantitative estimate of drug-likeness (QED) is 0.598. The van der Waals surface area contributed by atoms with Gasteiger partial charge in [-0.3, -0.25) is 19.6 Å². The smallest absolute Gasteiger partial charge is 0.433 e. The van der Waals surface area contributed by atoms with Crippen LogP contribution in [-0.2, 0) is 15.7 Å². The molecule has 2 aromatic heterocycles. The molecule has 35 heavy (non-hydrogen) atoms. The Morgan fingerprint density at radius 3 is 2.37 bits per heavy atom. The first-order valence-electron chi connectivity index (χ1n) is 10.0. The van der Waals surface area contributed by atoms with Crippen LogP contribution in [0.3, 0.4) is 0 Å². The number of methoxy groups -OCH3 is 1. The summed E-state index contributed by atoms with van der Waals surface area (Å²) in [6, 6.07) is 2.92. The fourth-order valence-electron chi connectivity index (χ4n) is 3.91. The van der Waals surface area contributed by atoms with Crippen molar-refractivity contribution in [3.8, 4) is 5.75 Å². The molecule has 14 heteroatoms. The average molecular weight is 506 g/mol. The Morgan fingerprint density at radius 2 is 1.83 bits per heavy atom. The lowest BCUT2D eigenvalue weighted by Crippen LogP contribution is -2.47. The van der Waals surface area contributed by atoms with E-state index in [1.54, 1.807) is 0 Å². The van der Waals surface area contributed by atoms with Crippen molar-refractivity contribution >= 4 is 17.5 Å². The van der Waals surface area contributed by atoms with Gasteiger partial charge in [0.2, 0.25) is 0 Å². The molecule has 3 N–H and O–H groups in total. The summed E-state index contributed by atoms with van der Waals surface area (Å²) in [5.41, 5.74) is 0.602. The average Bonchev–Trinajstić information content (AvgIpc) is 3.04. The highest BCUT2D eigenvalue weighted by Gasteiger charge is 2.66. The highest BCUT2D eigenvalue weighted by atomic mass is 19.4. The largest absolute Gasteiger partial charge is 0.496 e. The van der Waals surface area contributed by atoms with E-state index in [9.17, 15) is 35.9 Å². The Balaban J connectivity index is 2.07. The molecular formula is C21H20F6N4O4. The van der Waals surface area contributed by atoms with Gasteiger partial charge >= 0.3 is 12.4 Å². The fourth-order valence-corrected chi connectivity index (χ4v) is 3.91. The summed E-state index contributed by atoms with van der Waals surface area (Å²) >= 11 is 0. The molecule has 0 saturated carbocycles. The second-order valence-corrected chi connectivity index (χ2v) is 8.05. The van der Waals surface area contributed by atoms with Crippen molar-refractivity contribution in [2.45, 2.75) is 43.8 Å². The summed E-state index contributed by atoms with van der Waals surface area (Å²) in [6.45, 7) is 1.92. The number of ether oxygens (including phenoxy) is 2. The number of hydrogen-bond acceptors (Lipinski definition) is 6. The Labute approximate surface area is 194 Å². The first-order valence-corrected chi connectivity index (χ1v) is 10.0. The van der Waals surface area contributed by atoms with Gasteiger partial charge in [0.05, 0.1) is 7.11 Å². The topological polar surface area (TPSA) is 116 Å². The van der Waals surface area contributed by atoms with Gasteiger partial charge in [0.15, 0.2) is 5.60 Å². The maximum absolute atomic E-state index is 14.0. The van der Waals surface area contributed by atoms with E-state index in [0.29, 0.717) is 6.07 Å². The number of anilines is 1. The van der Waals surface area contributed by atoms with E-state index >= 15 is 0 Å². The van der Waals surface area contributed by atoms with Crippen molar-refractivity contribution in [2.75, 3.05) is 12.4 Å². The van der Waals surface area contributed by atoms with E-state index < -0.39 is 59.2 Å². The van der Waals surface area contributed by atoms with Crippen LogP contribution in [-0.4, -0.2) is 46.8 Å². The molecule has 2 amide bonds. The number of alkyl halides is 6. The van der Waals surface area contributed by atoms with Gasteiger partial charge in [0.1, 0.15) is 23.2 Å². The summed E-state index contributed by atoms with van der Waals surface area (Å²) in [7, 11) is 1.04. The van der Waals surface area contributed by atoms with Crippen LogP contribution in [0.4, 0.5) is 32.0 Å². The predicted molar refractivity (Wildman–Crippen MR) is 108 cm³/mol. The monoisotopic (exact) mass is 506 g/mol. The van der Waals surface area contributed by atoms with Crippen LogP contribution in [0.25, 0.3) is 0 Å². The number of nitrogens with one attached hydrogen (secondary N) is 1. The number of amides is 2. The number of carbonyl (C=O) groups is 2. The van der Waals surface area contributed by atoms with Crippen LogP contribution in [0.2, 0.25) is 0 Å². The zero-order valence-corrected chi connectivity index (χ0v) is 18.5. The predicted octanol–water partition coefficient (Wildman–Crippen LogP) is 3.68. The van der Waals surface area contributed by atoms with E-state index in [1.807, 2.05) is 0 Å². The van der Waals surface area contributed by atoms with E-state index in [2.05, 4.69) is 15.3 Å². The van der Waals surface area contributed by atoms with Gasteiger partial charge in [-0.25, -0.2) is 0 Å². The lowest BCUT2D eigenvalue weighted by atomic mass is 9.77. The number of nitrogens with two attached hydrogens (primary N) is 1. The Kier molecular flexibility index (Phi) is 6.72. The van der Waals surface area contributed by atoms with Crippen LogP contribution in [0.1, 0.15) is 41.5 Å². The van der Waals surface area contributed by atoms with E-state index in [4.69, 9.17) is 15.2 Å². The van der Waals surface area contributed by atoms with Crippen LogP contribution in [0, 0.1) is 5.92 Å². The van der Waals surface area contributed by atoms with Crippen LogP contribution in [0.5, 0.6) is 5.75 Å². The number of nitrogens with zero attached hydrogens (tertiary/aromatic N) is 2. The number of halogens is 6. The van der Waals surface area contributed by atoms with Crippen molar-refractivity contribution in [3.63, 3.8) is 0 Å². The lowest BCUT2D eigenvalue weighted by molar-refractivity contribution is -0.272. The van der Waals surface area contributed by atoms with Crippen molar-refractivity contribution in [1.29, 1.82) is 0 Å². The second-order valence-electron chi connectivity index (χ2n) is 8.05. The van der Waals surface area contributed by atoms with Gasteiger partial charge in [-0.15, -0.1) is 0 Å². The molecule has 0 aliphatic carbocycles. The first kappa shape index (κ1) is 26.2. The van der Waals surface area contributed by atoms with Crippen LogP contribution < -0.4 is 15.8 Å². The molecule has 1 aliphatic heterocycles. The molecule has 0 radical (unpaired) electrons. The third-order valence-electron chi connectivity index (χ3n) is 5.97. The molecule has 0 bridgehead atoms. The zero-order valence-electron chi connectivity index (χ0n) is 18.5. The highest BCUT2D eigenvalue weighted by molar-refractivity contribution is 5.97. The Morgan fingerprint density at radius 1 is 1.17 bits per heavy atom. The summed E-state index contributed by atoms with van der Waals surface area (Å²) in [5, 5.41) is 2.34. The van der Waals surface area contributed by atoms with E-state index in [1.165, 1.54) is 13.0 Å². The Hall–Kier alpha value is -3.42. The first-order chi connectivity index (χ1) is 16.1. The van der Waals surface area contributed by atoms with Crippen molar-refractivity contribution in [1.82, 2.24) is 9.97 Å². The SMILES string of the molecule is COc1cc(C(F)(F)F)ncc1[C@H]1[C@@H](C(=O)Nc2ccnc(C(N)=O)c2)O[C@](C)(C(F)(F)F)[C@H]1C.